The number of rotatable bonds is 5. The Bertz CT molecular complexity index is 468. The Morgan fingerprint density at radius 1 is 1.19 bits per heavy atom. The van der Waals surface area contributed by atoms with Crippen LogP contribution in [0.15, 0.2) is 0 Å². The molecule has 2 aliphatic carbocycles. The molecule has 21 heavy (non-hydrogen) atoms. The van der Waals surface area contributed by atoms with E-state index in [-0.39, 0.29) is 6.04 Å². The summed E-state index contributed by atoms with van der Waals surface area (Å²) in [5, 5.41) is 0. The first-order valence-corrected chi connectivity index (χ1v) is 9.85. The van der Waals surface area contributed by atoms with Gasteiger partial charge in [0.05, 0.1) is 0 Å². The van der Waals surface area contributed by atoms with Gasteiger partial charge in [-0.25, -0.2) is 0 Å². The third kappa shape index (κ3) is 3.00. The Labute approximate surface area is 129 Å². The van der Waals surface area contributed by atoms with E-state index in [1.54, 1.807) is 15.7 Å². The van der Waals surface area contributed by atoms with Crippen molar-refractivity contribution >= 4 is 10.2 Å². The highest BCUT2D eigenvalue weighted by Crippen LogP contribution is 2.48. The van der Waals surface area contributed by atoms with Gasteiger partial charge < -0.3 is 5.73 Å². The molecule has 4 atom stereocenters. The van der Waals surface area contributed by atoms with Crippen molar-refractivity contribution in [3.05, 3.63) is 0 Å². The summed E-state index contributed by atoms with van der Waals surface area (Å²) in [6.45, 7) is 1.75. The number of nitrogens with two attached hydrogens (primary N) is 1. The van der Waals surface area contributed by atoms with Gasteiger partial charge in [-0.3, -0.25) is 0 Å². The number of fused-ring (bicyclic) bond motifs is 2. The number of piperidine rings is 1. The summed E-state index contributed by atoms with van der Waals surface area (Å²) in [6, 6.07) is -0.00812. The first-order valence-electron chi connectivity index (χ1n) is 8.45. The highest BCUT2D eigenvalue weighted by Gasteiger charge is 2.42. The molecule has 0 radical (unpaired) electrons. The molecule has 0 aromatic carbocycles. The van der Waals surface area contributed by atoms with Crippen molar-refractivity contribution in [1.82, 2.24) is 8.61 Å². The lowest BCUT2D eigenvalue weighted by Crippen LogP contribution is -2.52. The van der Waals surface area contributed by atoms with Gasteiger partial charge in [0.1, 0.15) is 0 Å². The van der Waals surface area contributed by atoms with E-state index in [0.29, 0.717) is 25.6 Å². The summed E-state index contributed by atoms with van der Waals surface area (Å²) in [4.78, 5) is 0. The van der Waals surface area contributed by atoms with Crippen LogP contribution in [0, 0.1) is 17.8 Å². The minimum atomic E-state index is -3.34. The van der Waals surface area contributed by atoms with Crippen molar-refractivity contribution in [2.24, 2.45) is 23.5 Å². The van der Waals surface area contributed by atoms with Crippen LogP contribution in [0.4, 0.5) is 0 Å². The van der Waals surface area contributed by atoms with Crippen molar-refractivity contribution < 1.29 is 8.42 Å². The van der Waals surface area contributed by atoms with Gasteiger partial charge in [-0.1, -0.05) is 12.8 Å². The highest BCUT2D eigenvalue weighted by molar-refractivity contribution is 7.86. The molecule has 3 aliphatic rings. The average Bonchev–Trinajstić information content (AvgIpc) is 3.09. The molecule has 5 nitrogen and oxygen atoms in total. The quantitative estimate of drug-likeness (QED) is 0.834. The molecule has 3 rings (SSSR count). The second kappa shape index (κ2) is 6.14. The molecular formula is C15H29N3O2S. The summed E-state index contributed by atoms with van der Waals surface area (Å²) in [7, 11) is -1.59. The smallest absolute Gasteiger partial charge is 0.282 e. The van der Waals surface area contributed by atoms with Crippen LogP contribution < -0.4 is 5.73 Å². The van der Waals surface area contributed by atoms with E-state index in [1.165, 1.54) is 25.7 Å². The van der Waals surface area contributed by atoms with Gasteiger partial charge in [0.15, 0.2) is 0 Å². The maximum Gasteiger partial charge on any atom is 0.282 e. The third-order valence-corrected chi connectivity index (χ3v) is 7.92. The maximum atomic E-state index is 12.8. The molecule has 1 saturated heterocycles. The largest absolute Gasteiger partial charge is 0.329 e. The van der Waals surface area contributed by atoms with Crippen LogP contribution >= 0.6 is 0 Å². The average molecular weight is 315 g/mol. The monoisotopic (exact) mass is 315 g/mol. The van der Waals surface area contributed by atoms with E-state index in [4.69, 9.17) is 5.73 Å². The Morgan fingerprint density at radius 2 is 2.00 bits per heavy atom. The van der Waals surface area contributed by atoms with Crippen LogP contribution in [-0.2, 0) is 10.2 Å². The minimum Gasteiger partial charge on any atom is -0.329 e. The predicted molar refractivity (Wildman–Crippen MR) is 83.9 cm³/mol. The standard InChI is InChI=1S/C15H29N3O2S/c1-17(11-14-9-12-5-6-13(14)8-12)21(19,20)18-7-3-2-4-15(18)10-16/h12-15H,2-11,16H2,1H3. The van der Waals surface area contributed by atoms with Gasteiger partial charge in [-0.05, 0) is 49.9 Å². The fraction of sp³-hybridized carbons (Fsp3) is 1.00. The lowest BCUT2D eigenvalue weighted by molar-refractivity contribution is 0.224. The summed E-state index contributed by atoms with van der Waals surface area (Å²) in [5.41, 5.74) is 5.78. The minimum absolute atomic E-state index is 0.00812. The second-order valence-corrected chi connectivity index (χ2v) is 9.21. The first-order chi connectivity index (χ1) is 10.0. The lowest BCUT2D eigenvalue weighted by atomic mass is 9.89. The van der Waals surface area contributed by atoms with Crippen molar-refractivity contribution in [3.8, 4) is 0 Å². The molecule has 2 saturated carbocycles. The number of hydrogen-bond donors (Lipinski definition) is 1. The Balaban J connectivity index is 1.65. The van der Waals surface area contributed by atoms with Crippen molar-refractivity contribution in [2.75, 3.05) is 26.7 Å². The number of nitrogens with zero attached hydrogens (tertiary/aromatic N) is 2. The van der Waals surface area contributed by atoms with E-state index in [0.717, 1.165) is 31.1 Å². The van der Waals surface area contributed by atoms with Crippen molar-refractivity contribution in [1.29, 1.82) is 0 Å². The molecule has 2 N–H and O–H groups in total. The molecule has 4 unspecified atom stereocenters. The molecule has 122 valence electrons. The molecular weight excluding hydrogens is 286 g/mol. The van der Waals surface area contributed by atoms with Gasteiger partial charge in [-0.15, -0.1) is 0 Å². The van der Waals surface area contributed by atoms with Crippen LogP contribution in [0.2, 0.25) is 0 Å². The SMILES string of the molecule is CN(CC1CC2CCC1C2)S(=O)(=O)N1CCCCC1CN. The summed E-state index contributed by atoms with van der Waals surface area (Å²) < 4.78 is 29.0. The highest BCUT2D eigenvalue weighted by atomic mass is 32.2. The van der Waals surface area contributed by atoms with Crippen LogP contribution in [0.5, 0.6) is 0 Å². The third-order valence-electron chi connectivity index (χ3n) is 5.91. The normalized spacial score (nSPS) is 37.5. The predicted octanol–water partition coefficient (Wildman–Crippen LogP) is 1.41. The molecule has 3 fully saturated rings. The van der Waals surface area contributed by atoms with Crippen LogP contribution in [-0.4, -0.2) is 49.8 Å². The molecule has 0 aromatic rings. The Kier molecular flexibility index (Phi) is 4.60. The summed E-state index contributed by atoms with van der Waals surface area (Å²) in [5.74, 6) is 2.20. The maximum absolute atomic E-state index is 12.8. The molecule has 2 bridgehead atoms. The van der Waals surface area contributed by atoms with E-state index in [1.807, 2.05) is 0 Å². The fourth-order valence-corrected chi connectivity index (χ4v) is 6.38. The van der Waals surface area contributed by atoms with Crippen LogP contribution in [0.1, 0.15) is 44.9 Å². The van der Waals surface area contributed by atoms with Gasteiger partial charge >= 0.3 is 0 Å². The number of hydrogen-bond acceptors (Lipinski definition) is 3. The lowest BCUT2D eigenvalue weighted by Gasteiger charge is -2.37. The molecule has 0 amide bonds. The molecule has 6 heteroatoms. The van der Waals surface area contributed by atoms with E-state index in [9.17, 15) is 8.42 Å². The van der Waals surface area contributed by atoms with E-state index in [2.05, 4.69) is 0 Å². The van der Waals surface area contributed by atoms with Gasteiger partial charge in [0.25, 0.3) is 10.2 Å². The van der Waals surface area contributed by atoms with Gasteiger partial charge in [-0.2, -0.15) is 17.0 Å². The van der Waals surface area contributed by atoms with E-state index < -0.39 is 10.2 Å². The summed E-state index contributed by atoms with van der Waals surface area (Å²) in [6.07, 6.45) is 8.16. The first kappa shape index (κ1) is 15.7. The Hall–Kier alpha value is -0.170. The van der Waals surface area contributed by atoms with Crippen molar-refractivity contribution in [3.63, 3.8) is 0 Å². The second-order valence-electron chi connectivity index (χ2n) is 7.22. The van der Waals surface area contributed by atoms with Crippen LogP contribution in [0.3, 0.4) is 0 Å². The van der Waals surface area contributed by atoms with E-state index >= 15 is 0 Å². The molecule has 1 heterocycles. The molecule has 0 aromatic heterocycles. The molecule has 0 spiro atoms. The topological polar surface area (TPSA) is 66.6 Å². The zero-order valence-electron chi connectivity index (χ0n) is 13.1. The Morgan fingerprint density at radius 3 is 2.62 bits per heavy atom. The zero-order chi connectivity index (χ0) is 15.0. The van der Waals surface area contributed by atoms with Crippen LogP contribution in [0.25, 0.3) is 0 Å². The molecule has 1 aliphatic heterocycles. The fourth-order valence-electron chi connectivity index (χ4n) is 4.72. The zero-order valence-corrected chi connectivity index (χ0v) is 13.9. The van der Waals surface area contributed by atoms with Crippen molar-refractivity contribution in [2.45, 2.75) is 51.0 Å². The summed E-state index contributed by atoms with van der Waals surface area (Å²) >= 11 is 0. The van der Waals surface area contributed by atoms with Gasteiger partial charge in [0, 0.05) is 32.7 Å². The van der Waals surface area contributed by atoms with Gasteiger partial charge in [0.2, 0.25) is 0 Å².